The van der Waals surface area contributed by atoms with Gasteiger partial charge in [-0.25, -0.2) is 19.4 Å². The van der Waals surface area contributed by atoms with Gasteiger partial charge in [-0.2, -0.15) is 0 Å². The van der Waals surface area contributed by atoms with Crippen molar-refractivity contribution in [3.8, 4) is 23.7 Å². The van der Waals surface area contributed by atoms with E-state index in [1.165, 1.54) is 26.4 Å². The Labute approximate surface area is 161 Å². The first kappa shape index (κ1) is 25.1. The van der Waals surface area contributed by atoms with Crippen molar-refractivity contribution in [1.29, 1.82) is 0 Å². The summed E-state index contributed by atoms with van der Waals surface area (Å²) in [7, 11) is -2.51. The molecule has 0 spiro atoms. The number of aliphatic hydroxyl groups excluding tert-OH is 1. The number of aliphatic hydroxyl groups is 1. The monoisotopic (exact) mass is 400 g/mol. The van der Waals surface area contributed by atoms with E-state index in [0.717, 1.165) is 6.26 Å². The van der Waals surface area contributed by atoms with Crippen molar-refractivity contribution in [2.24, 2.45) is 11.3 Å². The van der Waals surface area contributed by atoms with Crippen LogP contribution in [0.25, 0.3) is 0 Å². The van der Waals surface area contributed by atoms with Crippen molar-refractivity contribution < 1.29 is 28.4 Å². The highest BCUT2D eigenvalue weighted by Gasteiger charge is 2.56. The summed E-state index contributed by atoms with van der Waals surface area (Å²) in [6.07, 6.45) is 3.35. The minimum Gasteiger partial charge on any atom is -0.381 e. The van der Waals surface area contributed by atoms with Crippen LogP contribution in [0.4, 0.5) is 0 Å². The molecule has 1 amide bonds. The van der Waals surface area contributed by atoms with Crippen LogP contribution >= 0.6 is 0 Å². The fourth-order valence-electron chi connectivity index (χ4n) is 2.66. The van der Waals surface area contributed by atoms with Crippen LogP contribution in [0.3, 0.4) is 0 Å². The first-order valence-electron chi connectivity index (χ1n) is 8.18. The van der Waals surface area contributed by atoms with Gasteiger partial charge >= 0.3 is 0 Å². The van der Waals surface area contributed by atoms with Crippen molar-refractivity contribution in [2.45, 2.75) is 38.5 Å². The van der Waals surface area contributed by atoms with E-state index < -0.39 is 37.9 Å². The van der Waals surface area contributed by atoms with E-state index >= 15 is 0 Å². The van der Waals surface area contributed by atoms with Gasteiger partial charge in [0.2, 0.25) is 0 Å². The third-order valence-corrected chi connectivity index (χ3v) is 6.30. The van der Waals surface area contributed by atoms with E-state index in [1.807, 2.05) is 0 Å². The number of carbonyl (C=O) groups is 1. The van der Waals surface area contributed by atoms with E-state index in [-0.39, 0.29) is 6.61 Å². The van der Waals surface area contributed by atoms with Crippen molar-refractivity contribution in [2.75, 3.05) is 19.9 Å². The smallest absolute Gasteiger partial charge is 0.264 e. The number of hydroxylamine groups is 2. The largest absolute Gasteiger partial charge is 0.381 e. The third-order valence-electron chi connectivity index (χ3n) is 4.29. The van der Waals surface area contributed by atoms with Crippen LogP contribution in [0.15, 0.2) is 12.2 Å². The molecule has 0 aromatic carbocycles. The fraction of sp³-hybridized carbons (Fsp3) is 0.611. The molecule has 0 rings (SSSR count). The van der Waals surface area contributed by atoms with E-state index in [4.69, 9.17) is 10.0 Å². The number of nitrogens with one attached hydrogen (secondary N) is 2. The summed E-state index contributed by atoms with van der Waals surface area (Å²) in [5, 5.41) is 18.4. The van der Waals surface area contributed by atoms with E-state index in [0.29, 0.717) is 0 Å². The number of amides is 1. The summed E-state index contributed by atoms with van der Waals surface area (Å²) in [6.45, 7) is 5.86. The Balaban J connectivity index is 6.64. The van der Waals surface area contributed by atoms with Crippen molar-refractivity contribution >= 4 is 15.7 Å². The average Bonchev–Trinajstić information content (AvgIpc) is 2.57. The number of hydrogen-bond acceptors (Lipinski definition) is 7. The second-order valence-corrected chi connectivity index (χ2v) is 8.76. The van der Waals surface area contributed by atoms with Gasteiger partial charge in [-0.05, 0) is 39.5 Å². The molecule has 0 saturated heterocycles. The van der Waals surface area contributed by atoms with Crippen LogP contribution in [0.1, 0.15) is 27.7 Å². The Morgan fingerprint density at radius 1 is 1.33 bits per heavy atom. The molecule has 3 unspecified atom stereocenters. The zero-order valence-corrected chi connectivity index (χ0v) is 17.3. The SMILES string of the molecule is CC=CC(C)(C#CC#CC(C)O)C(CONC)[C@](C)(C(=O)NO)S(C)(=O)=O. The van der Waals surface area contributed by atoms with Crippen LogP contribution in [0.2, 0.25) is 0 Å². The molecule has 4 atom stereocenters. The number of rotatable bonds is 8. The van der Waals surface area contributed by atoms with Gasteiger partial charge in [-0.1, -0.05) is 24.0 Å². The predicted octanol–water partition coefficient (Wildman–Crippen LogP) is 0.0323. The summed E-state index contributed by atoms with van der Waals surface area (Å²) in [5.74, 6) is 8.31. The van der Waals surface area contributed by atoms with Crippen molar-refractivity contribution in [1.82, 2.24) is 11.0 Å². The Kier molecular flexibility index (Phi) is 9.73. The maximum absolute atomic E-state index is 12.5. The molecule has 0 heterocycles. The molecule has 152 valence electrons. The van der Waals surface area contributed by atoms with Gasteiger partial charge in [0.15, 0.2) is 14.6 Å². The maximum Gasteiger partial charge on any atom is 0.264 e. The Bertz CT molecular complexity index is 769. The van der Waals surface area contributed by atoms with Crippen LogP contribution < -0.4 is 11.0 Å². The van der Waals surface area contributed by atoms with E-state index in [1.54, 1.807) is 26.0 Å². The molecule has 4 N–H and O–H groups in total. The summed E-state index contributed by atoms with van der Waals surface area (Å²) < 4.78 is 23.0. The lowest BCUT2D eigenvalue weighted by Crippen LogP contribution is -2.59. The molecule has 0 aliphatic carbocycles. The van der Waals surface area contributed by atoms with E-state index in [2.05, 4.69) is 29.2 Å². The average molecular weight is 400 g/mol. The van der Waals surface area contributed by atoms with Gasteiger partial charge in [0.05, 0.1) is 12.0 Å². The number of carbonyl (C=O) groups excluding carboxylic acids is 1. The lowest BCUT2D eigenvalue weighted by Gasteiger charge is -2.41. The number of allylic oxidation sites excluding steroid dienone is 2. The van der Waals surface area contributed by atoms with Crippen LogP contribution in [0, 0.1) is 35.0 Å². The second kappa shape index (κ2) is 10.5. The molecular formula is C18H28N2O6S. The molecule has 0 radical (unpaired) electrons. The Morgan fingerprint density at radius 2 is 1.93 bits per heavy atom. The first-order chi connectivity index (χ1) is 12.4. The minimum absolute atomic E-state index is 0.202. The topological polar surface area (TPSA) is 125 Å². The summed E-state index contributed by atoms with van der Waals surface area (Å²) in [4.78, 5) is 17.6. The van der Waals surface area contributed by atoms with Crippen LogP contribution in [0.5, 0.6) is 0 Å². The summed E-state index contributed by atoms with van der Waals surface area (Å²) >= 11 is 0. The number of hydrogen-bond donors (Lipinski definition) is 4. The molecule has 0 aliphatic rings. The molecule has 0 aromatic heterocycles. The van der Waals surface area contributed by atoms with Gasteiger partial charge in [0, 0.05) is 19.2 Å². The Hall–Kier alpha value is -1.88. The van der Waals surface area contributed by atoms with Gasteiger partial charge in [-0.3, -0.25) is 10.0 Å². The predicted molar refractivity (Wildman–Crippen MR) is 102 cm³/mol. The molecule has 0 fully saturated rings. The third kappa shape index (κ3) is 6.35. The lowest BCUT2D eigenvalue weighted by atomic mass is 9.70. The summed E-state index contributed by atoms with van der Waals surface area (Å²) in [6, 6.07) is 0. The van der Waals surface area contributed by atoms with Gasteiger partial charge in [-0.15, -0.1) is 0 Å². The van der Waals surface area contributed by atoms with Crippen molar-refractivity contribution in [3.63, 3.8) is 0 Å². The quantitative estimate of drug-likeness (QED) is 0.196. The maximum atomic E-state index is 12.5. The standard InChI is InChI=1S/C18H28N2O6S/c1-7-11-17(3,12-9-8-10-14(2)21)15(13-26-19-5)18(4,16(22)20-23)27(6,24)25/h7,11,14-15,19,21,23H,13H2,1-6H3,(H,20,22)/t14?,15?,17?,18-/m1/s1. The Morgan fingerprint density at radius 3 is 2.33 bits per heavy atom. The molecule has 0 aliphatic heterocycles. The molecular weight excluding hydrogens is 372 g/mol. The highest BCUT2D eigenvalue weighted by Crippen LogP contribution is 2.41. The normalized spacial score (nSPS) is 18.1. The zero-order chi connectivity index (χ0) is 21.3. The van der Waals surface area contributed by atoms with Crippen LogP contribution in [-0.2, 0) is 19.5 Å². The molecule has 9 heteroatoms. The minimum atomic E-state index is -4.01. The first-order valence-corrected chi connectivity index (χ1v) is 10.1. The highest BCUT2D eigenvalue weighted by molar-refractivity contribution is 7.92. The molecule has 27 heavy (non-hydrogen) atoms. The second-order valence-electron chi connectivity index (χ2n) is 6.37. The molecule has 8 nitrogen and oxygen atoms in total. The fourth-order valence-corrected chi connectivity index (χ4v) is 3.88. The van der Waals surface area contributed by atoms with Gasteiger partial charge in [0.1, 0.15) is 6.10 Å². The summed E-state index contributed by atoms with van der Waals surface area (Å²) in [5.41, 5.74) is 2.73. The van der Waals surface area contributed by atoms with Gasteiger partial charge < -0.3 is 9.94 Å². The number of sulfone groups is 1. The lowest BCUT2D eigenvalue weighted by molar-refractivity contribution is -0.135. The highest BCUT2D eigenvalue weighted by atomic mass is 32.2. The molecule has 0 aromatic rings. The van der Waals surface area contributed by atoms with Crippen LogP contribution in [-0.4, -0.2) is 55.4 Å². The van der Waals surface area contributed by atoms with E-state index in [9.17, 15) is 18.3 Å². The molecule has 0 bridgehead atoms. The zero-order valence-electron chi connectivity index (χ0n) is 16.5. The van der Waals surface area contributed by atoms with Crippen molar-refractivity contribution in [3.05, 3.63) is 12.2 Å². The van der Waals surface area contributed by atoms with Gasteiger partial charge in [0.25, 0.3) is 5.91 Å². The molecule has 0 saturated carbocycles.